The van der Waals surface area contributed by atoms with Crippen molar-refractivity contribution in [1.82, 2.24) is 0 Å². The summed E-state index contributed by atoms with van der Waals surface area (Å²) in [4.78, 5) is 10.2. The summed E-state index contributed by atoms with van der Waals surface area (Å²) in [5, 5.41) is 22.2. The average molecular weight is 316 g/mol. The third-order valence-corrected chi connectivity index (χ3v) is 3.02. The first-order valence-electron chi connectivity index (χ1n) is 6.94. The van der Waals surface area contributed by atoms with Crippen molar-refractivity contribution in [2.45, 2.75) is 13.5 Å². The van der Waals surface area contributed by atoms with Gasteiger partial charge in [0.05, 0.1) is 17.7 Å². The maximum atomic E-state index is 10.6. The quantitative estimate of drug-likeness (QED) is 0.366. The highest BCUT2D eigenvalue weighted by atomic mass is 16.6. The summed E-state index contributed by atoms with van der Waals surface area (Å²) in [7, 11) is 0. The molecule has 0 aliphatic carbocycles. The molecule has 0 spiro atoms. The molecule has 0 atom stereocenters. The van der Waals surface area contributed by atoms with Gasteiger partial charge in [0.25, 0.3) is 5.69 Å². The molecule has 0 amide bonds. The molecule has 0 aliphatic rings. The molecule has 0 aliphatic heterocycles. The molecule has 2 aromatic carbocycles. The summed E-state index contributed by atoms with van der Waals surface area (Å²) < 4.78 is 11.2. The fourth-order valence-electron chi connectivity index (χ4n) is 1.93. The maximum Gasteiger partial charge on any atom is 0.269 e. The van der Waals surface area contributed by atoms with Gasteiger partial charge in [-0.2, -0.15) is 0 Å². The van der Waals surface area contributed by atoms with E-state index in [1.807, 2.05) is 6.92 Å². The molecule has 0 bridgehead atoms. The zero-order chi connectivity index (χ0) is 16.7. The van der Waals surface area contributed by atoms with E-state index in [4.69, 9.17) is 14.7 Å². The number of hydrogen-bond donors (Lipinski definition) is 1. The Kier molecular flexibility index (Phi) is 5.51. The van der Waals surface area contributed by atoms with Gasteiger partial charge in [0.1, 0.15) is 6.61 Å². The molecule has 1 N–H and O–H groups in total. The van der Waals surface area contributed by atoms with Crippen molar-refractivity contribution in [3.05, 3.63) is 63.7 Å². The highest BCUT2D eigenvalue weighted by Crippen LogP contribution is 2.29. The van der Waals surface area contributed by atoms with Gasteiger partial charge in [-0.3, -0.25) is 10.1 Å². The molecule has 0 saturated heterocycles. The number of hydrogen-bond acceptors (Lipinski definition) is 6. The minimum absolute atomic E-state index is 0.0383. The predicted octanol–water partition coefficient (Wildman–Crippen LogP) is 3.38. The number of ether oxygens (including phenoxy) is 2. The van der Waals surface area contributed by atoms with Crippen LogP contribution >= 0.6 is 0 Å². The predicted molar refractivity (Wildman–Crippen MR) is 84.4 cm³/mol. The van der Waals surface area contributed by atoms with Crippen molar-refractivity contribution in [2.24, 2.45) is 5.16 Å². The number of benzene rings is 2. The molecular formula is C16H16N2O5. The Balaban J connectivity index is 2.11. The number of nitrogens with zero attached hydrogens (tertiary/aromatic N) is 2. The summed E-state index contributed by atoms with van der Waals surface area (Å²) in [5.41, 5.74) is 1.52. The van der Waals surface area contributed by atoms with E-state index in [0.717, 1.165) is 5.56 Å². The molecule has 23 heavy (non-hydrogen) atoms. The Bertz CT molecular complexity index is 698. The minimum Gasteiger partial charge on any atom is -0.490 e. The van der Waals surface area contributed by atoms with E-state index in [0.29, 0.717) is 23.7 Å². The van der Waals surface area contributed by atoms with E-state index in [1.165, 1.54) is 18.3 Å². The van der Waals surface area contributed by atoms with Crippen LogP contribution in [0, 0.1) is 10.1 Å². The smallest absolute Gasteiger partial charge is 0.269 e. The first-order valence-corrected chi connectivity index (χ1v) is 6.94. The van der Waals surface area contributed by atoms with E-state index in [1.54, 1.807) is 30.3 Å². The summed E-state index contributed by atoms with van der Waals surface area (Å²) in [6.07, 6.45) is 1.29. The molecule has 7 heteroatoms. The van der Waals surface area contributed by atoms with Crippen LogP contribution in [-0.4, -0.2) is 23.0 Å². The highest BCUT2D eigenvalue weighted by molar-refractivity contribution is 5.80. The first-order chi connectivity index (χ1) is 11.1. The number of nitro benzene ring substituents is 1. The lowest BCUT2D eigenvalue weighted by Gasteiger charge is -2.12. The second-order valence-electron chi connectivity index (χ2n) is 4.60. The van der Waals surface area contributed by atoms with Crippen LogP contribution in [0.5, 0.6) is 11.5 Å². The van der Waals surface area contributed by atoms with Crippen LogP contribution in [0.15, 0.2) is 47.6 Å². The molecule has 2 aromatic rings. The standard InChI is InChI=1S/C16H16N2O5/c1-2-22-16-9-13(10-17-19)5-8-15(16)23-11-12-3-6-14(7-4-12)18(20)21/h3-10,19H,2,11H2,1H3/b17-10+. The number of nitro groups is 1. The van der Waals surface area contributed by atoms with Gasteiger partial charge in [-0.05, 0) is 42.8 Å². The second-order valence-corrected chi connectivity index (χ2v) is 4.60. The van der Waals surface area contributed by atoms with Crippen LogP contribution in [0.25, 0.3) is 0 Å². The van der Waals surface area contributed by atoms with Gasteiger partial charge >= 0.3 is 0 Å². The molecule has 0 heterocycles. The summed E-state index contributed by atoms with van der Waals surface area (Å²) in [6, 6.07) is 11.3. The first kappa shape index (κ1) is 16.3. The fourth-order valence-corrected chi connectivity index (χ4v) is 1.93. The zero-order valence-corrected chi connectivity index (χ0v) is 12.5. The van der Waals surface area contributed by atoms with Gasteiger partial charge in [-0.1, -0.05) is 5.16 Å². The number of rotatable bonds is 7. The van der Waals surface area contributed by atoms with E-state index >= 15 is 0 Å². The van der Waals surface area contributed by atoms with Crippen molar-refractivity contribution in [1.29, 1.82) is 0 Å². The molecule has 2 rings (SSSR count). The normalized spacial score (nSPS) is 10.7. The van der Waals surface area contributed by atoms with Gasteiger partial charge in [-0.25, -0.2) is 0 Å². The van der Waals surface area contributed by atoms with Gasteiger partial charge in [0, 0.05) is 17.7 Å². The van der Waals surface area contributed by atoms with E-state index < -0.39 is 4.92 Å². The molecule has 0 radical (unpaired) electrons. The third-order valence-electron chi connectivity index (χ3n) is 3.02. The van der Waals surface area contributed by atoms with Crippen molar-refractivity contribution >= 4 is 11.9 Å². The summed E-state index contributed by atoms with van der Waals surface area (Å²) >= 11 is 0. The lowest BCUT2D eigenvalue weighted by atomic mass is 10.2. The van der Waals surface area contributed by atoms with Crippen LogP contribution in [-0.2, 0) is 6.61 Å². The van der Waals surface area contributed by atoms with Gasteiger partial charge in [-0.15, -0.1) is 0 Å². The van der Waals surface area contributed by atoms with E-state index in [9.17, 15) is 10.1 Å². The van der Waals surface area contributed by atoms with Gasteiger partial charge in [0.15, 0.2) is 11.5 Å². The van der Waals surface area contributed by atoms with Crippen LogP contribution < -0.4 is 9.47 Å². The van der Waals surface area contributed by atoms with Crippen molar-refractivity contribution in [3.63, 3.8) is 0 Å². The zero-order valence-electron chi connectivity index (χ0n) is 12.5. The lowest BCUT2D eigenvalue weighted by molar-refractivity contribution is -0.384. The van der Waals surface area contributed by atoms with Gasteiger partial charge < -0.3 is 14.7 Å². The Morgan fingerprint density at radius 3 is 2.52 bits per heavy atom. The molecule has 0 fully saturated rings. The minimum atomic E-state index is -0.445. The maximum absolute atomic E-state index is 10.6. The summed E-state index contributed by atoms with van der Waals surface area (Å²) in [6.45, 7) is 2.58. The highest BCUT2D eigenvalue weighted by Gasteiger charge is 2.08. The SMILES string of the molecule is CCOc1cc(/C=N/O)ccc1OCc1ccc([N+](=O)[O-])cc1. The Morgan fingerprint density at radius 1 is 1.17 bits per heavy atom. The Hall–Kier alpha value is -3.09. The Morgan fingerprint density at radius 2 is 1.91 bits per heavy atom. The molecular weight excluding hydrogens is 300 g/mol. The van der Waals surface area contributed by atoms with Crippen LogP contribution in [0.2, 0.25) is 0 Å². The van der Waals surface area contributed by atoms with Gasteiger partial charge in [0.2, 0.25) is 0 Å². The fraction of sp³-hybridized carbons (Fsp3) is 0.188. The molecule has 0 aromatic heterocycles. The van der Waals surface area contributed by atoms with E-state index in [-0.39, 0.29) is 12.3 Å². The Labute approximate surface area is 132 Å². The monoisotopic (exact) mass is 316 g/mol. The van der Waals surface area contributed by atoms with Crippen molar-refractivity contribution in [3.8, 4) is 11.5 Å². The topological polar surface area (TPSA) is 94.2 Å². The lowest BCUT2D eigenvalue weighted by Crippen LogP contribution is -2.00. The summed E-state index contributed by atoms with van der Waals surface area (Å²) in [5.74, 6) is 1.08. The number of non-ortho nitro benzene ring substituents is 1. The second kappa shape index (κ2) is 7.79. The average Bonchev–Trinajstić information content (AvgIpc) is 2.55. The van der Waals surface area contributed by atoms with Crippen LogP contribution in [0.3, 0.4) is 0 Å². The van der Waals surface area contributed by atoms with Crippen LogP contribution in [0.1, 0.15) is 18.1 Å². The van der Waals surface area contributed by atoms with E-state index in [2.05, 4.69) is 5.16 Å². The molecule has 7 nitrogen and oxygen atoms in total. The van der Waals surface area contributed by atoms with Crippen LogP contribution in [0.4, 0.5) is 5.69 Å². The van der Waals surface area contributed by atoms with Crippen molar-refractivity contribution in [2.75, 3.05) is 6.61 Å². The largest absolute Gasteiger partial charge is 0.490 e. The van der Waals surface area contributed by atoms with Crippen molar-refractivity contribution < 1.29 is 19.6 Å². The molecule has 0 saturated carbocycles. The molecule has 0 unspecified atom stereocenters. The molecule has 120 valence electrons. The third kappa shape index (κ3) is 4.44. The number of oxime groups is 1.